The maximum Gasteiger partial charge on any atom is 0.411 e. The van der Waals surface area contributed by atoms with Crippen LogP contribution in [0.4, 0.5) is 20.6 Å². The third-order valence-corrected chi connectivity index (χ3v) is 4.39. The number of benzene rings is 2. The van der Waals surface area contributed by atoms with Crippen LogP contribution in [0.15, 0.2) is 30.3 Å². The average molecular weight is 342 g/mol. The molecule has 0 saturated carbocycles. The first-order valence-corrected chi connectivity index (χ1v) is 7.94. The molecule has 130 valence electrons. The predicted molar refractivity (Wildman–Crippen MR) is 93.4 cm³/mol. The van der Waals surface area contributed by atoms with E-state index in [-0.39, 0.29) is 17.6 Å². The molecule has 1 unspecified atom stereocenters. The Labute approximate surface area is 145 Å². The second-order valence-electron chi connectivity index (χ2n) is 6.19. The van der Waals surface area contributed by atoms with Crippen LogP contribution >= 0.6 is 0 Å². The van der Waals surface area contributed by atoms with Gasteiger partial charge in [-0.1, -0.05) is 18.2 Å². The van der Waals surface area contributed by atoms with Crippen LogP contribution in [0.25, 0.3) is 0 Å². The highest BCUT2D eigenvalue weighted by Crippen LogP contribution is 2.39. The van der Waals surface area contributed by atoms with Crippen molar-refractivity contribution in [1.82, 2.24) is 0 Å². The van der Waals surface area contributed by atoms with Gasteiger partial charge in [0.2, 0.25) is 5.91 Å². The zero-order valence-electron chi connectivity index (χ0n) is 14.3. The standard InChI is InChI=1S/C19H19FN2O3/c1-10-6-12(7-11(2)18(10)20)15-9-17(23)22-16-8-13(4-5-14(15)16)21-19(24)25-3/h4-8,15H,9H2,1-3H3,(H,21,24)(H,22,23). The third-order valence-electron chi connectivity index (χ3n) is 4.39. The molecule has 1 aliphatic heterocycles. The van der Waals surface area contributed by atoms with Gasteiger partial charge in [0, 0.05) is 23.7 Å². The van der Waals surface area contributed by atoms with Crippen molar-refractivity contribution >= 4 is 23.4 Å². The van der Waals surface area contributed by atoms with Crippen LogP contribution in [-0.2, 0) is 9.53 Å². The fourth-order valence-electron chi connectivity index (χ4n) is 3.19. The van der Waals surface area contributed by atoms with Gasteiger partial charge in [0.25, 0.3) is 0 Å². The molecule has 2 N–H and O–H groups in total. The number of anilines is 2. The van der Waals surface area contributed by atoms with Crippen molar-refractivity contribution in [2.45, 2.75) is 26.2 Å². The highest BCUT2D eigenvalue weighted by Gasteiger charge is 2.27. The summed E-state index contributed by atoms with van der Waals surface area (Å²) in [4.78, 5) is 23.5. The molecule has 1 heterocycles. The molecule has 2 aromatic rings. The minimum Gasteiger partial charge on any atom is -0.453 e. The Balaban J connectivity index is 2.02. The summed E-state index contributed by atoms with van der Waals surface area (Å²) in [5, 5.41) is 5.40. The first-order chi connectivity index (χ1) is 11.9. The molecule has 0 aromatic heterocycles. The number of fused-ring (bicyclic) bond motifs is 1. The lowest BCUT2D eigenvalue weighted by molar-refractivity contribution is -0.116. The molecule has 0 aliphatic carbocycles. The van der Waals surface area contributed by atoms with Gasteiger partial charge in [0.15, 0.2) is 0 Å². The van der Waals surface area contributed by atoms with E-state index < -0.39 is 6.09 Å². The van der Waals surface area contributed by atoms with Gasteiger partial charge in [-0.25, -0.2) is 9.18 Å². The van der Waals surface area contributed by atoms with Gasteiger partial charge in [-0.3, -0.25) is 10.1 Å². The lowest BCUT2D eigenvalue weighted by atomic mass is 9.83. The zero-order valence-corrected chi connectivity index (χ0v) is 14.3. The van der Waals surface area contributed by atoms with Crippen molar-refractivity contribution in [2.75, 3.05) is 17.7 Å². The lowest BCUT2D eigenvalue weighted by Gasteiger charge is -2.27. The molecule has 0 fully saturated rings. The Hall–Kier alpha value is -2.89. The summed E-state index contributed by atoms with van der Waals surface area (Å²) in [6.45, 7) is 3.44. The van der Waals surface area contributed by atoms with Gasteiger partial charge >= 0.3 is 6.09 Å². The number of rotatable bonds is 2. The topological polar surface area (TPSA) is 67.4 Å². The van der Waals surface area contributed by atoms with Crippen LogP contribution in [0.5, 0.6) is 0 Å². The van der Waals surface area contributed by atoms with Gasteiger partial charge in [-0.15, -0.1) is 0 Å². The monoisotopic (exact) mass is 342 g/mol. The number of hydrogen-bond donors (Lipinski definition) is 2. The summed E-state index contributed by atoms with van der Waals surface area (Å²) in [6.07, 6.45) is -0.287. The maximum absolute atomic E-state index is 13.9. The molecule has 2 aromatic carbocycles. The summed E-state index contributed by atoms with van der Waals surface area (Å²) in [5.74, 6) is -0.497. The third kappa shape index (κ3) is 3.33. The molecular weight excluding hydrogens is 323 g/mol. The molecule has 25 heavy (non-hydrogen) atoms. The van der Waals surface area contributed by atoms with Crippen LogP contribution in [0, 0.1) is 19.7 Å². The van der Waals surface area contributed by atoms with Gasteiger partial charge in [0.1, 0.15) is 5.82 Å². The Morgan fingerprint density at radius 3 is 2.56 bits per heavy atom. The lowest BCUT2D eigenvalue weighted by Crippen LogP contribution is -2.24. The summed E-state index contributed by atoms with van der Waals surface area (Å²) >= 11 is 0. The molecule has 0 radical (unpaired) electrons. The van der Waals surface area contributed by atoms with Crippen LogP contribution in [0.3, 0.4) is 0 Å². The van der Waals surface area contributed by atoms with Crippen LogP contribution in [-0.4, -0.2) is 19.1 Å². The summed E-state index contributed by atoms with van der Waals surface area (Å²) in [7, 11) is 1.28. The largest absolute Gasteiger partial charge is 0.453 e. The van der Waals surface area contributed by atoms with Crippen LogP contribution in [0.2, 0.25) is 0 Å². The number of hydrogen-bond acceptors (Lipinski definition) is 3. The van der Waals surface area contributed by atoms with Crippen LogP contribution < -0.4 is 10.6 Å². The number of amides is 2. The van der Waals surface area contributed by atoms with E-state index >= 15 is 0 Å². The number of ether oxygens (including phenoxy) is 1. The van der Waals surface area contributed by atoms with E-state index in [4.69, 9.17) is 0 Å². The Morgan fingerprint density at radius 2 is 1.92 bits per heavy atom. The van der Waals surface area contributed by atoms with Gasteiger partial charge in [0.05, 0.1) is 7.11 Å². The molecule has 0 saturated heterocycles. The van der Waals surface area contributed by atoms with Gasteiger partial charge < -0.3 is 10.1 Å². The molecule has 6 heteroatoms. The Morgan fingerprint density at radius 1 is 1.24 bits per heavy atom. The second kappa shape index (κ2) is 6.55. The number of halogens is 1. The van der Waals surface area contributed by atoms with Gasteiger partial charge in [-0.2, -0.15) is 0 Å². The highest BCUT2D eigenvalue weighted by atomic mass is 19.1. The highest BCUT2D eigenvalue weighted by molar-refractivity contribution is 5.96. The normalized spacial score (nSPS) is 16.0. The summed E-state index contributed by atoms with van der Waals surface area (Å²) < 4.78 is 18.5. The van der Waals surface area contributed by atoms with Crippen LogP contribution in [0.1, 0.15) is 34.6 Å². The van der Waals surface area contributed by atoms with Crippen molar-refractivity contribution in [3.8, 4) is 0 Å². The van der Waals surface area contributed by atoms with E-state index in [1.807, 2.05) is 6.07 Å². The van der Waals surface area contributed by atoms with E-state index in [0.29, 0.717) is 28.9 Å². The molecule has 3 rings (SSSR count). The van der Waals surface area contributed by atoms with Crippen molar-refractivity contribution < 1.29 is 18.7 Å². The summed E-state index contributed by atoms with van der Waals surface area (Å²) in [5.41, 5.74) is 4.12. The first-order valence-electron chi connectivity index (χ1n) is 7.94. The Kier molecular flexibility index (Phi) is 4.44. The summed E-state index contributed by atoms with van der Waals surface area (Å²) in [6, 6.07) is 8.88. The van der Waals surface area contributed by atoms with Crippen molar-refractivity contribution in [3.05, 3.63) is 58.4 Å². The molecule has 2 amide bonds. The van der Waals surface area contributed by atoms with Crippen molar-refractivity contribution in [3.63, 3.8) is 0 Å². The smallest absolute Gasteiger partial charge is 0.411 e. The van der Waals surface area contributed by atoms with Crippen molar-refractivity contribution in [2.24, 2.45) is 0 Å². The minimum atomic E-state index is -0.580. The van der Waals surface area contributed by atoms with E-state index in [1.165, 1.54) is 7.11 Å². The number of carbonyl (C=O) groups is 2. The fourth-order valence-corrected chi connectivity index (χ4v) is 3.19. The minimum absolute atomic E-state index is 0.118. The number of aryl methyl sites for hydroxylation is 2. The molecule has 0 spiro atoms. The number of nitrogens with one attached hydrogen (secondary N) is 2. The Bertz CT molecular complexity index is 841. The average Bonchev–Trinajstić information content (AvgIpc) is 2.58. The molecule has 0 bridgehead atoms. The predicted octanol–water partition coefficient (Wildman–Crippen LogP) is 4.09. The van der Waals surface area contributed by atoms with E-state index in [2.05, 4.69) is 15.4 Å². The number of methoxy groups -OCH3 is 1. The molecule has 1 atom stereocenters. The van der Waals surface area contributed by atoms with E-state index in [9.17, 15) is 14.0 Å². The maximum atomic E-state index is 13.9. The van der Waals surface area contributed by atoms with E-state index in [1.54, 1.807) is 38.1 Å². The van der Waals surface area contributed by atoms with Gasteiger partial charge in [-0.05, 0) is 48.2 Å². The quantitative estimate of drug-likeness (QED) is 0.863. The first kappa shape index (κ1) is 17.0. The zero-order chi connectivity index (χ0) is 18.1. The molecule has 1 aliphatic rings. The van der Waals surface area contributed by atoms with E-state index in [0.717, 1.165) is 11.1 Å². The molecule has 5 nitrogen and oxygen atoms in total. The second-order valence-corrected chi connectivity index (χ2v) is 6.19. The van der Waals surface area contributed by atoms with Crippen molar-refractivity contribution in [1.29, 1.82) is 0 Å². The number of carbonyl (C=O) groups excluding carboxylic acids is 2. The SMILES string of the molecule is COC(=O)Nc1ccc2c(c1)NC(=O)CC2c1cc(C)c(F)c(C)c1. The molecular formula is C19H19FN2O3. The fraction of sp³-hybridized carbons (Fsp3) is 0.263.